The number of nitrogens with zero attached hydrogens (tertiary/aromatic N) is 2. The van der Waals surface area contributed by atoms with E-state index in [1.54, 1.807) is 6.92 Å². The van der Waals surface area contributed by atoms with Crippen molar-refractivity contribution in [2.24, 2.45) is 5.92 Å². The van der Waals surface area contributed by atoms with Gasteiger partial charge in [-0.15, -0.1) is 0 Å². The average molecular weight is 252 g/mol. The lowest BCUT2D eigenvalue weighted by Crippen LogP contribution is -2.32. The van der Waals surface area contributed by atoms with Gasteiger partial charge in [0.1, 0.15) is 6.26 Å². The molecule has 0 aliphatic heterocycles. The molecule has 0 saturated heterocycles. The largest absolute Gasteiger partial charge is 0.461 e. The third-order valence-electron chi connectivity index (χ3n) is 3.33. The topological polar surface area (TPSA) is 55.6 Å². The minimum absolute atomic E-state index is 0.249. The van der Waals surface area contributed by atoms with Crippen molar-refractivity contribution in [2.75, 3.05) is 24.6 Å². The van der Waals surface area contributed by atoms with Crippen molar-refractivity contribution in [1.82, 2.24) is 4.98 Å². The number of ether oxygens (including phenoxy) is 1. The minimum atomic E-state index is -0.424. The average Bonchev–Trinajstić information content (AvgIpc) is 2.77. The Morgan fingerprint density at radius 3 is 2.89 bits per heavy atom. The van der Waals surface area contributed by atoms with Crippen LogP contribution in [0.25, 0.3) is 0 Å². The van der Waals surface area contributed by atoms with Gasteiger partial charge < -0.3 is 14.1 Å². The van der Waals surface area contributed by atoms with Crippen LogP contribution < -0.4 is 4.90 Å². The maximum Gasteiger partial charge on any atom is 0.360 e. The fourth-order valence-electron chi connectivity index (χ4n) is 2.04. The second kappa shape index (κ2) is 5.89. The van der Waals surface area contributed by atoms with Crippen LogP contribution in [0.3, 0.4) is 0 Å². The molecule has 2 rings (SSSR count). The molecule has 1 saturated carbocycles. The molecule has 5 heteroatoms. The molecule has 5 nitrogen and oxygen atoms in total. The van der Waals surface area contributed by atoms with Crippen molar-refractivity contribution in [3.63, 3.8) is 0 Å². The number of hydrogen-bond acceptors (Lipinski definition) is 5. The first-order valence-corrected chi connectivity index (χ1v) is 6.62. The summed E-state index contributed by atoms with van der Waals surface area (Å²) < 4.78 is 10.3. The zero-order valence-corrected chi connectivity index (χ0v) is 11.0. The van der Waals surface area contributed by atoms with Crippen LogP contribution in [0.2, 0.25) is 0 Å². The third kappa shape index (κ3) is 2.83. The molecule has 1 heterocycles. The molecule has 0 amide bonds. The molecule has 100 valence electrons. The standard InChI is InChI=1S/C13H20N2O3/c1-3-15(8-10-6-5-7-10)13-14-11(9-18-13)12(16)17-4-2/h9-10H,3-8H2,1-2H3. The zero-order valence-electron chi connectivity index (χ0n) is 11.0. The quantitative estimate of drug-likeness (QED) is 0.728. The molecule has 18 heavy (non-hydrogen) atoms. The van der Waals surface area contributed by atoms with Crippen LogP contribution in [0.5, 0.6) is 0 Å². The van der Waals surface area contributed by atoms with Gasteiger partial charge in [-0.1, -0.05) is 6.42 Å². The lowest BCUT2D eigenvalue weighted by Gasteiger charge is -2.30. The van der Waals surface area contributed by atoms with Gasteiger partial charge in [0.2, 0.25) is 0 Å². The van der Waals surface area contributed by atoms with Crippen LogP contribution in [0.15, 0.2) is 10.7 Å². The van der Waals surface area contributed by atoms with E-state index in [0.717, 1.165) is 19.0 Å². The number of carbonyl (C=O) groups excluding carboxylic acids is 1. The van der Waals surface area contributed by atoms with E-state index in [0.29, 0.717) is 12.6 Å². The predicted molar refractivity (Wildman–Crippen MR) is 67.7 cm³/mol. The van der Waals surface area contributed by atoms with E-state index < -0.39 is 5.97 Å². The van der Waals surface area contributed by atoms with Crippen LogP contribution in [-0.4, -0.2) is 30.6 Å². The molecule has 0 bridgehead atoms. The Kier molecular flexibility index (Phi) is 4.23. The predicted octanol–water partition coefficient (Wildman–Crippen LogP) is 2.48. The highest BCUT2D eigenvalue weighted by atomic mass is 16.5. The van der Waals surface area contributed by atoms with Crippen LogP contribution in [0, 0.1) is 5.92 Å². The molecule has 0 N–H and O–H groups in total. The Labute approximate surface area is 107 Å². The number of esters is 1. The highest BCUT2D eigenvalue weighted by molar-refractivity contribution is 5.87. The lowest BCUT2D eigenvalue weighted by atomic mass is 9.85. The monoisotopic (exact) mass is 252 g/mol. The van der Waals surface area contributed by atoms with Gasteiger partial charge in [-0.25, -0.2) is 4.79 Å². The molecule has 0 aromatic carbocycles. The number of rotatable bonds is 6. The van der Waals surface area contributed by atoms with Crippen LogP contribution >= 0.6 is 0 Å². The SMILES string of the molecule is CCOC(=O)c1coc(N(CC)CC2CCC2)n1. The third-order valence-corrected chi connectivity index (χ3v) is 3.33. The van der Waals surface area contributed by atoms with Crippen LogP contribution in [-0.2, 0) is 4.74 Å². The van der Waals surface area contributed by atoms with Crippen molar-refractivity contribution < 1.29 is 13.9 Å². The summed E-state index contributed by atoms with van der Waals surface area (Å²) in [6.45, 7) is 5.97. The minimum Gasteiger partial charge on any atom is -0.461 e. The van der Waals surface area contributed by atoms with E-state index in [4.69, 9.17) is 9.15 Å². The molecule has 1 aromatic rings. The fraction of sp³-hybridized carbons (Fsp3) is 0.692. The first-order chi connectivity index (χ1) is 8.74. The van der Waals surface area contributed by atoms with Crippen molar-refractivity contribution >= 4 is 12.0 Å². The zero-order chi connectivity index (χ0) is 13.0. The van der Waals surface area contributed by atoms with Gasteiger partial charge in [-0.3, -0.25) is 0 Å². The molecule has 0 radical (unpaired) electrons. The van der Waals surface area contributed by atoms with Crippen molar-refractivity contribution in [1.29, 1.82) is 0 Å². The molecule has 1 fully saturated rings. The van der Waals surface area contributed by atoms with Gasteiger partial charge in [-0.05, 0) is 32.6 Å². The first kappa shape index (κ1) is 12.9. The second-order valence-electron chi connectivity index (χ2n) is 4.57. The molecule has 1 aliphatic rings. The molecule has 0 atom stereocenters. The molecule has 0 spiro atoms. The maximum absolute atomic E-state index is 11.5. The number of carbonyl (C=O) groups is 1. The summed E-state index contributed by atoms with van der Waals surface area (Å²) in [5.74, 6) is 0.315. The van der Waals surface area contributed by atoms with E-state index in [1.165, 1.54) is 25.5 Å². The van der Waals surface area contributed by atoms with E-state index in [2.05, 4.69) is 16.8 Å². The van der Waals surface area contributed by atoms with Gasteiger partial charge in [0, 0.05) is 13.1 Å². The summed E-state index contributed by atoms with van der Waals surface area (Å²) in [7, 11) is 0. The Balaban J connectivity index is 1.99. The van der Waals surface area contributed by atoms with Crippen molar-refractivity contribution in [2.45, 2.75) is 33.1 Å². The number of aromatic nitrogens is 1. The first-order valence-electron chi connectivity index (χ1n) is 6.62. The molecule has 1 aliphatic carbocycles. The van der Waals surface area contributed by atoms with Gasteiger partial charge in [0.05, 0.1) is 6.61 Å². The fourth-order valence-corrected chi connectivity index (χ4v) is 2.04. The van der Waals surface area contributed by atoms with Crippen molar-refractivity contribution in [3.05, 3.63) is 12.0 Å². The Hall–Kier alpha value is -1.52. The van der Waals surface area contributed by atoms with E-state index in [-0.39, 0.29) is 5.69 Å². The summed E-state index contributed by atoms with van der Waals surface area (Å²) in [6, 6.07) is 0.521. The molecular weight excluding hydrogens is 232 g/mol. The van der Waals surface area contributed by atoms with Gasteiger partial charge in [0.25, 0.3) is 6.01 Å². The number of oxazole rings is 1. The van der Waals surface area contributed by atoms with Gasteiger partial charge in [-0.2, -0.15) is 4.98 Å². The lowest BCUT2D eigenvalue weighted by molar-refractivity contribution is 0.0519. The highest BCUT2D eigenvalue weighted by Gasteiger charge is 2.23. The summed E-state index contributed by atoms with van der Waals surface area (Å²) in [4.78, 5) is 17.8. The maximum atomic E-state index is 11.5. The second-order valence-corrected chi connectivity index (χ2v) is 4.57. The Bertz CT molecular complexity index is 399. The van der Waals surface area contributed by atoms with Gasteiger partial charge in [0.15, 0.2) is 5.69 Å². The molecular formula is C13H20N2O3. The van der Waals surface area contributed by atoms with Crippen LogP contribution in [0.4, 0.5) is 6.01 Å². The number of hydrogen-bond donors (Lipinski definition) is 0. The normalized spacial score (nSPS) is 15.2. The molecule has 0 unspecified atom stereocenters. The number of anilines is 1. The Morgan fingerprint density at radius 2 is 2.33 bits per heavy atom. The van der Waals surface area contributed by atoms with Gasteiger partial charge >= 0.3 is 5.97 Å². The Morgan fingerprint density at radius 1 is 1.56 bits per heavy atom. The summed E-state index contributed by atoms with van der Waals surface area (Å²) in [5, 5.41) is 0. The highest BCUT2D eigenvalue weighted by Crippen LogP contribution is 2.28. The van der Waals surface area contributed by atoms with E-state index >= 15 is 0 Å². The van der Waals surface area contributed by atoms with Crippen LogP contribution in [0.1, 0.15) is 43.6 Å². The summed E-state index contributed by atoms with van der Waals surface area (Å²) in [6.07, 6.45) is 5.25. The molecule has 1 aromatic heterocycles. The van der Waals surface area contributed by atoms with Crippen molar-refractivity contribution in [3.8, 4) is 0 Å². The van der Waals surface area contributed by atoms with E-state index in [9.17, 15) is 4.79 Å². The van der Waals surface area contributed by atoms with E-state index in [1.807, 2.05) is 0 Å². The summed E-state index contributed by atoms with van der Waals surface area (Å²) in [5.41, 5.74) is 0.249. The smallest absolute Gasteiger partial charge is 0.360 e. The summed E-state index contributed by atoms with van der Waals surface area (Å²) >= 11 is 0.